The number of aromatic nitrogens is 3. The van der Waals surface area contributed by atoms with Crippen molar-refractivity contribution in [3.8, 4) is 11.3 Å². The first kappa shape index (κ1) is 19.1. The molecule has 2 heterocycles. The van der Waals surface area contributed by atoms with Gasteiger partial charge in [0.15, 0.2) is 0 Å². The van der Waals surface area contributed by atoms with E-state index < -0.39 is 10.0 Å². The van der Waals surface area contributed by atoms with Gasteiger partial charge in [-0.1, -0.05) is 29.5 Å². The highest BCUT2D eigenvalue weighted by Crippen LogP contribution is 2.22. The summed E-state index contributed by atoms with van der Waals surface area (Å²) in [6.07, 6.45) is 7.81. The van der Waals surface area contributed by atoms with Gasteiger partial charge in [-0.2, -0.15) is 0 Å². The Hall–Kier alpha value is -3.26. The summed E-state index contributed by atoms with van der Waals surface area (Å²) >= 11 is 0. The summed E-state index contributed by atoms with van der Waals surface area (Å²) < 4.78 is 41.4. The Morgan fingerprint density at radius 2 is 1.83 bits per heavy atom. The van der Waals surface area contributed by atoms with Crippen LogP contribution in [-0.2, 0) is 16.6 Å². The highest BCUT2D eigenvalue weighted by atomic mass is 32.2. The molecule has 29 heavy (non-hydrogen) atoms. The van der Waals surface area contributed by atoms with Gasteiger partial charge in [0.1, 0.15) is 11.5 Å². The smallest absolute Gasteiger partial charge is 0.263 e. The maximum absolute atomic E-state index is 13.0. The van der Waals surface area contributed by atoms with Crippen molar-refractivity contribution in [2.75, 3.05) is 6.54 Å². The number of hydrogen-bond donors (Lipinski definition) is 0. The SMILES string of the molecule is O=S(=O)(c1ccccc1)N1C=C/C(=C\Cn2cc(-c3ccc(F)cc3)nn2)CC1. The van der Waals surface area contributed by atoms with Crippen LogP contribution in [0.1, 0.15) is 6.42 Å². The lowest BCUT2D eigenvalue weighted by atomic mass is 10.1. The topological polar surface area (TPSA) is 68.1 Å². The molecular weight excluding hydrogens is 391 g/mol. The summed E-state index contributed by atoms with van der Waals surface area (Å²) in [5, 5.41) is 8.20. The minimum Gasteiger partial charge on any atom is -0.273 e. The molecule has 1 aliphatic heterocycles. The Morgan fingerprint density at radius 1 is 1.07 bits per heavy atom. The van der Waals surface area contributed by atoms with Gasteiger partial charge in [0.25, 0.3) is 10.0 Å². The molecule has 0 bridgehead atoms. The van der Waals surface area contributed by atoms with E-state index in [2.05, 4.69) is 10.3 Å². The molecule has 0 fully saturated rings. The standard InChI is InChI=1S/C21H19FN4O2S/c22-19-8-6-18(7-9-19)21-16-25(24-23-21)13-10-17-11-14-26(15-12-17)29(27,28)20-4-2-1-3-5-20/h1-11,14,16H,12-13,15H2/b17-10+. The number of benzene rings is 2. The monoisotopic (exact) mass is 410 g/mol. The van der Waals surface area contributed by atoms with Crippen LogP contribution in [0.3, 0.4) is 0 Å². The maximum atomic E-state index is 13.0. The Morgan fingerprint density at radius 3 is 2.52 bits per heavy atom. The fraction of sp³-hybridized carbons (Fsp3) is 0.143. The van der Waals surface area contributed by atoms with Gasteiger partial charge in [-0.3, -0.25) is 4.31 Å². The zero-order valence-electron chi connectivity index (χ0n) is 15.5. The summed E-state index contributed by atoms with van der Waals surface area (Å²) in [7, 11) is -3.52. The summed E-state index contributed by atoms with van der Waals surface area (Å²) in [6.45, 7) is 0.900. The van der Waals surface area contributed by atoms with E-state index in [0.717, 1.165) is 11.1 Å². The first-order valence-electron chi connectivity index (χ1n) is 9.12. The zero-order chi connectivity index (χ0) is 20.3. The van der Waals surface area contributed by atoms with Crippen LogP contribution in [0.2, 0.25) is 0 Å². The second kappa shape index (κ2) is 8.00. The second-order valence-corrected chi connectivity index (χ2v) is 8.50. The average molecular weight is 410 g/mol. The number of sulfonamides is 1. The van der Waals surface area contributed by atoms with Crippen LogP contribution >= 0.6 is 0 Å². The van der Waals surface area contributed by atoms with E-state index in [-0.39, 0.29) is 10.7 Å². The number of halogens is 1. The lowest BCUT2D eigenvalue weighted by Crippen LogP contribution is -2.29. The van der Waals surface area contributed by atoms with Crippen molar-refractivity contribution < 1.29 is 12.8 Å². The zero-order valence-corrected chi connectivity index (χ0v) is 16.3. The van der Waals surface area contributed by atoms with E-state index in [1.165, 1.54) is 16.4 Å². The molecule has 148 valence electrons. The van der Waals surface area contributed by atoms with Crippen molar-refractivity contribution >= 4 is 10.0 Å². The van der Waals surface area contributed by atoms with E-state index >= 15 is 0 Å². The molecule has 0 saturated heterocycles. The maximum Gasteiger partial charge on any atom is 0.263 e. The van der Waals surface area contributed by atoms with Gasteiger partial charge in [0.05, 0.1) is 17.6 Å². The molecule has 0 unspecified atom stereocenters. The molecule has 0 atom stereocenters. The van der Waals surface area contributed by atoms with Crippen LogP contribution in [0, 0.1) is 5.82 Å². The Balaban J connectivity index is 1.42. The molecule has 6 nitrogen and oxygen atoms in total. The minimum absolute atomic E-state index is 0.285. The first-order chi connectivity index (χ1) is 14.0. The lowest BCUT2D eigenvalue weighted by molar-refractivity contribution is 0.492. The molecule has 8 heteroatoms. The van der Waals surface area contributed by atoms with Crippen LogP contribution in [0.5, 0.6) is 0 Å². The van der Waals surface area contributed by atoms with Crippen LogP contribution in [0.4, 0.5) is 4.39 Å². The third-order valence-electron chi connectivity index (χ3n) is 4.64. The first-order valence-corrected chi connectivity index (χ1v) is 10.6. The summed E-state index contributed by atoms with van der Waals surface area (Å²) in [4.78, 5) is 0.285. The predicted molar refractivity (Wildman–Crippen MR) is 108 cm³/mol. The second-order valence-electron chi connectivity index (χ2n) is 6.61. The van der Waals surface area contributed by atoms with Crippen molar-refractivity contribution in [2.24, 2.45) is 0 Å². The van der Waals surface area contributed by atoms with Gasteiger partial charge in [0, 0.05) is 18.3 Å². The van der Waals surface area contributed by atoms with Crippen molar-refractivity contribution in [3.63, 3.8) is 0 Å². The third kappa shape index (κ3) is 4.27. The summed E-state index contributed by atoms with van der Waals surface area (Å²) in [5.41, 5.74) is 2.50. The molecule has 0 spiro atoms. The van der Waals surface area contributed by atoms with Crippen LogP contribution < -0.4 is 0 Å². The Bertz CT molecular complexity index is 1150. The fourth-order valence-corrected chi connectivity index (χ4v) is 4.35. The van der Waals surface area contributed by atoms with Crippen LogP contribution in [0.15, 0.2) is 89.6 Å². The third-order valence-corrected chi connectivity index (χ3v) is 6.43. The largest absolute Gasteiger partial charge is 0.273 e. The normalized spacial score (nSPS) is 15.8. The summed E-state index contributed by atoms with van der Waals surface area (Å²) in [5.74, 6) is -0.293. The number of rotatable bonds is 5. The highest BCUT2D eigenvalue weighted by Gasteiger charge is 2.23. The molecule has 0 amide bonds. The van der Waals surface area contributed by atoms with E-state index in [0.29, 0.717) is 25.2 Å². The molecule has 2 aromatic carbocycles. The van der Waals surface area contributed by atoms with E-state index in [9.17, 15) is 12.8 Å². The molecule has 1 aromatic heterocycles. The Labute approximate surface area is 168 Å². The molecule has 0 aliphatic carbocycles. The quantitative estimate of drug-likeness (QED) is 0.644. The van der Waals surface area contributed by atoms with Crippen LogP contribution in [0.25, 0.3) is 11.3 Å². The molecule has 0 N–H and O–H groups in total. The van der Waals surface area contributed by atoms with Crippen molar-refractivity contribution in [3.05, 3.63) is 90.5 Å². The van der Waals surface area contributed by atoms with Crippen LogP contribution in [-0.4, -0.2) is 34.3 Å². The van der Waals surface area contributed by atoms with E-state index in [1.54, 1.807) is 59.5 Å². The Kier molecular flexibility index (Phi) is 5.26. The molecule has 0 radical (unpaired) electrons. The molecule has 0 saturated carbocycles. The van der Waals surface area contributed by atoms with Crippen molar-refractivity contribution in [1.29, 1.82) is 0 Å². The van der Waals surface area contributed by atoms with Gasteiger partial charge in [-0.15, -0.1) is 5.10 Å². The van der Waals surface area contributed by atoms with Gasteiger partial charge >= 0.3 is 0 Å². The predicted octanol–water partition coefficient (Wildman–Crippen LogP) is 3.62. The number of nitrogens with zero attached hydrogens (tertiary/aromatic N) is 4. The van der Waals surface area contributed by atoms with Crippen molar-refractivity contribution in [1.82, 2.24) is 19.3 Å². The van der Waals surface area contributed by atoms with Gasteiger partial charge in [0.2, 0.25) is 0 Å². The summed E-state index contributed by atoms with van der Waals surface area (Å²) in [6, 6.07) is 14.5. The number of allylic oxidation sites excluding steroid dienone is 2. The van der Waals surface area contributed by atoms with Crippen molar-refractivity contribution in [2.45, 2.75) is 17.9 Å². The van der Waals surface area contributed by atoms with E-state index in [4.69, 9.17) is 0 Å². The lowest BCUT2D eigenvalue weighted by Gasteiger charge is -2.24. The van der Waals surface area contributed by atoms with E-state index in [1.807, 2.05) is 12.2 Å². The molecule has 4 rings (SSSR count). The number of hydrogen-bond acceptors (Lipinski definition) is 4. The van der Waals surface area contributed by atoms with Gasteiger partial charge < -0.3 is 0 Å². The van der Waals surface area contributed by atoms with Gasteiger partial charge in [-0.25, -0.2) is 17.5 Å². The van der Waals surface area contributed by atoms with Gasteiger partial charge in [-0.05, 0) is 54.5 Å². The highest BCUT2D eigenvalue weighted by molar-refractivity contribution is 7.89. The molecule has 1 aliphatic rings. The fourth-order valence-electron chi connectivity index (χ4n) is 3.03. The minimum atomic E-state index is -3.52. The average Bonchev–Trinajstić information content (AvgIpc) is 3.23. The molecular formula is C21H19FN4O2S. The molecule has 3 aromatic rings.